The van der Waals surface area contributed by atoms with E-state index in [2.05, 4.69) is 27.6 Å². The zero-order valence-electron chi connectivity index (χ0n) is 11.2. The molecule has 1 atom stereocenters. The molecule has 0 saturated carbocycles. The van der Waals surface area contributed by atoms with Gasteiger partial charge in [0, 0.05) is 12.1 Å². The van der Waals surface area contributed by atoms with Gasteiger partial charge in [-0.15, -0.1) is 10.2 Å². The van der Waals surface area contributed by atoms with E-state index in [4.69, 9.17) is 16.3 Å². The Hall–Kier alpha value is -1.17. The van der Waals surface area contributed by atoms with Gasteiger partial charge in [-0.1, -0.05) is 29.0 Å². The Bertz CT molecular complexity index is 602. The molecule has 0 bridgehead atoms. The van der Waals surface area contributed by atoms with Crippen LogP contribution in [0.5, 0.6) is 0 Å². The van der Waals surface area contributed by atoms with E-state index >= 15 is 0 Å². The lowest BCUT2D eigenvalue weighted by Gasteiger charge is -2.26. The van der Waals surface area contributed by atoms with Crippen molar-refractivity contribution in [1.82, 2.24) is 10.2 Å². The minimum absolute atomic E-state index is 0.265. The lowest BCUT2D eigenvalue weighted by molar-refractivity contribution is 0.184. The Kier molecular flexibility index (Phi) is 4.19. The summed E-state index contributed by atoms with van der Waals surface area (Å²) < 4.78 is 5.07. The van der Waals surface area contributed by atoms with Crippen LogP contribution in [0.4, 0.5) is 5.13 Å². The van der Waals surface area contributed by atoms with Crippen molar-refractivity contribution >= 4 is 28.1 Å². The van der Waals surface area contributed by atoms with Gasteiger partial charge in [0.15, 0.2) is 0 Å². The Morgan fingerprint density at radius 1 is 1.45 bits per heavy atom. The second-order valence-electron chi connectivity index (χ2n) is 4.87. The summed E-state index contributed by atoms with van der Waals surface area (Å²) in [7, 11) is 1.66. The summed E-state index contributed by atoms with van der Waals surface area (Å²) in [5, 5.41) is 14.3. The van der Waals surface area contributed by atoms with Gasteiger partial charge in [0.2, 0.25) is 5.13 Å². The SMILES string of the molecule is COCc1nnc(N[C@@H]2CCCc3ccc(Cl)cc32)s1. The van der Waals surface area contributed by atoms with Gasteiger partial charge in [0.1, 0.15) is 11.6 Å². The molecule has 106 valence electrons. The molecule has 4 nitrogen and oxygen atoms in total. The van der Waals surface area contributed by atoms with E-state index in [9.17, 15) is 0 Å². The first-order chi connectivity index (χ1) is 9.76. The molecule has 1 aromatic heterocycles. The number of hydrogen-bond acceptors (Lipinski definition) is 5. The van der Waals surface area contributed by atoms with Crippen LogP contribution in [0, 0.1) is 0 Å². The van der Waals surface area contributed by atoms with Gasteiger partial charge in [-0.05, 0) is 42.5 Å². The van der Waals surface area contributed by atoms with Crippen molar-refractivity contribution in [2.24, 2.45) is 0 Å². The summed E-state index contributed by atoms with van der Waals surface area (Å²) >= 11 is 7.66. The molecule has 3 rings (SSSR count). The topological polar surface area (TPSA) is 47.0 Å². The Labute approximate surface area is 127 Å². The highest BCUT2D eigenvalue weighted by Crippen LogP contribution is 2.34. The molecule has 0 fully saturated rings. The van der Waals surface area contributed by atoms with Crippen molar-refractivity contribution in [2.75, 3.05) is 12.4 Å². The van der Waals surface area contributed by atoms with Crippen LogP contribution in [0.1, 0.15) is 35.0 Å². The number of rotatable bonds is 4. The third-order valence-electron chi connectivity index (χ3n) is 3.45. The average Bonchev–Trinajstić information content (AvgIpc) is 2.87. The van der Waals surface area contributed by atoms with Crippen LogP contribution in [0.15, 0.2) is 18.2 Å². The Morgan fingerprint density at radius 3 is 3.20 bits per heavy atom. The van der Waals surface area contributed by atoms with Crippen LogP contribution in [-0.4, -0.2) is 17.3 Å². The number of aromatic nitrogens is 2. The maximum atomic E-state index is 6.12. The van der Waals surface area contributed by atoms with Gasteiger partial charge in [-0.2, -0.15) is 0 Å². The number of nitrogens with one attached hydrogen (secondary N) is 1. The van der Waals surface area contributed by atoms with Gasteiger partial charge in [0.25, 0.3) is 0 Å². The second kappa shape index (κ2) is 6.08. The minimum atomic E-state index is 0.265. The molecule has 2 aromatic rings. The van der Waals surface area contributed by atoms with E-state index in [0.717, 1.165) is 28.0 Å². The summed E-state index contributed by atoms with van der Waals surface area (Å²) in [5.41, 5.74) is 2.66. The van der Waals surface area contributed by atoms with E-state index in [0.29, 0.717) is 6.61 Å². The van der Waals surface area contributed by atoms with Crippen molar-refractivity contribution in [3.8, 4) is 0 Å². The summed E-state index contributed by atoms with van der Waals surface area (Å²) in [6.45, 7) is 0.506. The molecule has 0 radical (unpaired) electrons. The highest BCUT2D eigenvalue weighted by atomic mass is 35.5. The van der Waals surface area contributed by atoms with E-state index in [-0.39, 0.29) is 6.04 Å². The molecule has 6 heteroatoms. The summed E-state index contributed by atoms with van der Waals surface area (Å²) in [4.78, 5) is 0. The van der Waals surface area contributed by atoms with Crippen molar-refractivity contribution in [3.63, 3.8) is 0 Å². The molecule has 0 spiro atoms. The molecule has 1 N–H and O–H groups in total. The molecular weight excluding hydrogens is 294 g/mol. The maximum Gasteiger partial charge on any atom is 0.206 e. The van der Waals surface area contributed by atoms with E-state index < -0.39 is 0 Å². The molecule has 0 unspecified atom stereocenters. The zero-order chi connectivity index (χ0) is 13.9. The predicted octanol–water partition coefficient (Wildman–Crippen LogP) is 3.83. The zero-order valence-corrected chi connectivity index (χ0v) is 12.8. The van der Waals surface area contributed by atoms with Gasteiger partial charge in [0.05, 0.1) is 6.04 Å². The fraction of sp³-hybridized carbons (Fsp3) is 0.429. The third-order valence-corrected chi connectivity index (χ3v) is 4.52. The monoisotopic (exact) mass is 309 g/mol. The summed E-state index contributed by atoms with van der Waals surface area (Å²) in [5.74, 6) is 0. The largest absolute Gasteiger partial charge is 0.377 e. The number of nitrogens with zero attached hydrogens (tertiary/aromatic N) is 2. The number of hydrogen-bond donors (Lipinski definition) is 1. The summed E-state index contributed by atoms with van der Waals surface area (Å²) in [6.07, 6.45) is 3.39. The third kappa shape index (κ3) is 2.95. The highest BCUT2D eigenvalue weighted by Gasteiger charge is 2.21. The second-order valence-corrected chi connectivity index (χ2v) is 6.36. The highest BCUT2D eigenvalue weighted by molar-refractivity contribution is 7.15. The van der Waals surface area contributed by atoms with Crippen molar-refractivity contribution in [3.05, 3.63) is 39.4 Å². The number of ether oxygens (including phenoxy) is 1. The number of anilines is 1. The van der Waals surface area contributed by atoms with Crippen LogP contribution < -0.4 is 5.32 Å². The van der Waals surface area contributed by atoms with Gasteiger partial charge < -0.3 is 10.1 Å². The molecule has 1 aromatic carbocycles. The molecule has 0 aliphatic heterocycles. The first-order valence-electron chi connectivity index (χ1n) is 6.62. The molecular formula is C14H16ClN3OS. The minimum Gasteiger partial charge on any atom is -0.377 e. The van der Waals surface area contributed by atoms with E-state index in [1.165, 1.54) is 28.9 Å². The van der Waals surface area contributed by atoms with Crippen LogP contribution in [0.3, 0.4) is 0 Å². The molecule has 1 aliphatic rings. The standard InChI is InChI=1S/C14H16ClN3OS/c1-19-8-13-17-18-14(20-13)16-12-4-2-3-9-5-6-10(15)7-11(9)12/h5-7,12H,2-4,8H2,1H3,(H,16,18)/t12-/m1/s1. The fourth-order valence-corrected chi connectivity index (χ4v) is 3.51. The molecule has 1 aliphatic carbocycles. The number of benzene rings is 1. The van der Waals surface area contributed by atoms with E-state index in [1.54, 1.807) is 7.11 Å². The van der Waals surface area contributed by atoms with Crippen molar-refractivity contribution < 1.29 is 4.74 Å². The Balaban J connectivity index is 1.79. The first-order valence-corrected chi connectivity index (χ1v) is 7.82. The first kappa shape index (κ1) is 13.8. The smallest absolute Gasteiger partial charge is 0.206 e. The van der Waals surface area contributed by atoms with Crippen LogP contribution in [0.2, 0.25) is 5.02 Å². The molecule has 1 heterocycles. The quantitative estimate of drug-likeness (QED) is 0.932. The van der Waals surface area contributed by atoms with E-state index in [1.807, 2.05) is 6.07 Å². The molecule has 20 heavy (non-hydrogen) atoms. The number of halogens is 1. The van der Waals surface area contributed by atoms with Gasteiger partial charge in [-0.25, -0.2) is 0 Å². The lowest BCUT2D eigenvalue weighted by Crippen LogP contribution is -2.17. The summed E-state index contributed by atoms with van der Waals surface area (Å²) in [6, 6.07) is 6.41. The number of fused-ring (bicyclic) bond motifs is 1. The molecule has 0 saturated heterocycles. The predicted molar refractivity (Wildman–Crippen MR) is 81.4 cm³/mol. The molecule has 0 amide bonds. The fourth-order valence-electron chi connectivity index (χ4n) is 2.56. The Morgan fingerprint density at radius 2 is 2.35 bits per heavy atom. The maximum absolute atomic E-state index is 6.12. The van der Waals surface area contributed by atoms with Gasteiger partial charge >= 0.3 is 0 Å². The normalized spacial score (nSPS) is 17.8. The van der Waals surface area contributed by atoms with Gasteiger partial charge in [-0.3, -0.25) is 0 Å². The average molecular weight is 310 g/mol. The lowest BCUT2D eigenvalue weighted by atomic mass is 9.88. The number of aryl methyl sites for hydroxylation is 1. The van der Waals surface area contributed by atoms with Crippen LogP contribution in [0.25, 0.3) is 0 Å². The van der Waals surface area contributed by atoms with Crippen LogP contribution in [-0.2, 0) is 17.8 Å². The van der Waals surface area contributed by atoms with Crippen LogP contribution >= 0.6 is 22.9 Å². The number of methoxy groups -OCH3 is 1. The van der Waals surface area contributed by atoms with Crippen molar-refractivity contribution in [1.29, 1.82) is 0 Å². The van der Waals surface area contributed by atoms with Crippen molar-refractivity contribution in [2.45, 2.75) is 31.9 Å².